The van der Waals surface area contributed by atoms with E-state index in [-0.39, 0.29) is 0 Å². The summed E-state index contributed by atoms with van der Waals surface area (Å²) < 4.78 is 0. The minimum absolute atomic E-state index is 0.774. The van der Waals surface area contributed by atoms with Crippen molar-refractivity contribution in [3.8, 4) is 0 Å². The van der Waals surface area contributed by atoms with Crippen LogP contribution in [-0.4, -0.2) is 31.2 Å². The van der Waals surface area contributed by atoms with Gasteiger partial charge in [-0.1, -0.05) is 13.8 Å². The second-order valence-corrected chi connectivity index (χ2v) is 2.55. The van der Waals surface area contributed by atoms with Gasteiger partial charge in [0.2, 0.25) is 0 Å². The van der Waals surface area contributed by atoms with Crippen molar-refractivity contribution >= 4 is 0 Å². The van der Waals surface area contributed by atoms with Crippen molar-refractivity contribution in [2.24, 2.45) is 0 Å². The number of hydrogen-bond donors (Lipinski definition) is 1. The lowest BCUT2D eigenvalue weighted by atomic mass is 10.2. The zero-order chi connectivity index (χ0) is 7.98. The van der Waals surface area contributed by atoms with Gasteiger partial charge < -0.3 is 5.32 Å². The van der Waals surface area contributed by atoms with Crippen LogP contribution in [0.4, 0.5) is 0 Å². The summed E-state index contributed by atoms with van der Waals surface area (Å²) >= 11 is 0. The van der Waals surface area contributed by atoms with Crippen LogP contribution in [0.1, 0.15) is 27.2 Å². The van der Waals surface area contributed by atoms with Crippen LogP contribution in [0.5, 0.6) is 0 Å². The van der Waals surface area contributed by atoms with Gasteiger partial charge in [-0.15, -0.1) is 0 Å². The molecule has 1 rings (SSSR count). The Kier molecular flexibility index (Phi) is 5.64. The van der Waals surface area contributed by atoms with E-state index in [4.69, 9.17) is 0 Å². The van der Waals surface area contributed by atoms with Gasteiger partial charge in [-0.3, -0.25) is 4.90 Å². The fraction of sp³-hybridized carbons (Fsp3) is 1.00. The highest BCUT2D eigenvalue weighted by Gasteiger charge is 2.11. The van der Waals surface area contributed by atoms with Crippen molar-refractivity contribution in [1.82, 2.24) is 10.2 Å². The van der Waals surface area contributed by atoms with E-state index >= 15 is 0 Å². The highest BCUT2D eigenvalue weighted by atomic mass is 15.2. The van der Waals surface area contributed by atoms with Gasteiger partial charge in [0, 0.05) is 12.7 Å². The highest BCUT2D eigenvalue weighted by molar-refractivity contribution is 4.68. The Balaban J connectivity index is 0.000000371. The van der Waals surface area contributed by atoms with Gasteiger partial charge >= 0.3 is 0 Å². The normalized spacial score (nSPS) is 27.0. The van der Waals surface area contributed by atoms with Crippen molar-refractivity contribution in [3.05, 3.63) is 0 Å². The maximum absolute atomic E-state index is 3.29. The molecule has 0 aromatic rings. The predicted molar refractivity (Wildman–Crippen MR) is 46.1 cm³/mol. The van der Waals surface area contributed by atoms with E-state index in [2.05, 4.69) is 24.2 Å². The van der Waals surface area contributed by atoms with E-state index < -0.39 is 0 Å². The van der Waals surface area contributed by atoms with E-state index in [1.807, 2.05) is 13.8 Å². The monoisotopic (exact) mass is 144 g/mol. The summed E-state index contributed by atoms with van der Waals surface area (Å²) in [5.41, 5.74) is 0. The maximum atomic E-state index is 3.29. The maximum Gasteiger partial charge on any atom is 0.0480 e. The first-order valence-corrected chi connectivity index (χ1v) is 4.21. The molecule has 0 spiro atoms. The summed E-state index contributed by atoms with van der Waals surface area (Å²) in [5.74, 6) is 0. The average molecular weight is 144 g/mol. The van der Waals surface area contributed by atoms with E-state index in [0.29, 0.717) is 0 Å². The molecule has 0 bridgehead atoms. The summed E-state index contributed by atoms with van der Waals surface area (Å²) in [6.45, 7) is 8.51. The molecule has 62 valence electrons. The van der Waals surface area contributed by atoms with Crippen LogP contribution in [0.2, 0.25) is 0 Å². The molecule has 0 saturated carbocycles. The molecular formula is C8H20N2. The first kappa shape index (κ1) is 9.92. The van der Waals surface area contributed by atoms with Crippen molar-refractivity contribution in [2.45, 2.75) is 33.2 Å². The first-order valence-electron chi connectivity index (χ1n) is 4.21. The molecule has 0 aromatic heterocycles. The quantitative estimate of drug-likeness (QED) is 0.551. The van der Waals surface area contributed by atoms with Gasteiger partial charge in [0.15, 0.2) is 0 Å². The highest BCUT2D eigenvalue weighted by Crippen LogP contribution is 2.01. The van der Waals surface area contributed by atoms with Crippen LogP contribution in [0.3, 0.4) is 0 Å². The van der Waals surface area contributed by atoms with E-state index in [1.54, 1.807) is 0 Å². The van der Waals surface area contributed by atoms with Crippen molar-refractivity contribution in [3.63, 3.8) is 0 Å². The fourth-order valence-electron chi connectivity index (χ4n) is 0.943. The second-order valence-electron chi connectivity index (χ2n) is 2.55. The lowest BCUT2D eigenvalue weighted by molar-refractivity contribution is 0.189. The Labute approximate surface area is 64.6 Å². The molecule has 10 heavy (non-hydrogen) atoms. The lowest BCUT2D eigenvalue weighted by Gasteiger charge is -2.29. The lowest BCUT2D eigenvalue weighted by Crippen LogP contribution is -2.44. The smallest absolute Gasteiger partial charge is 0.0480 e. The molecule has 1 saturated heterocycles. The molecule has 1 aliphatic rings. The molecular weight excluding hydrogens is 124 g/mol. The molecule has 0 aromatic carbocycles. The van der Waals surface area contributed by atoms with Gasteiger partial charge in [-0.2, -0.15) is 0 Å². The number of nitrogens with one attached hydrogen (secondary N) is 1. The van der Waals surface area contributed by atoms with Gasteiger partial charge in [-0.05, 0) is 26.9 Å². The van der Waals surface area contributed by atoms with Crippen LogP contribution in [0.25, 0.3) is 0 Å². The van der Waals surface area contributed by atoms with Crippen molar-refractivity contribution in [1.29, 1.82) is 0 Å². The fourth-order valence-corrected chi connectivity index (χ4v) is 0.943. The molecule has 0 radical (unpaired) electrons. The summed E-state index contributed by atoms with van der Waals surface area (Å²) in [6, 6.07) is 0.774. The first-order chi connectivity index (χ1) is 4.80. The number of nitrogens with zero attached hydrogens (tertiary/aromatic N) is 1. The van der Waals surface area contributed by atoms with E-state index in [0.717, 1.165) is 12.7 Å². The molecule has 1 N–H and O–H groups in total. The Morgan fingerprint density at radius 2 is 2.00 bits per heavy atom. The Hall–Kier alpha value is -0.0800. The minimum atomic E-state index is 0.774. The topological polar surface area (TPSA) is 15.3 Å². The van der Waals surface area contributed by atoms with Gasteiger partial charge in [0.05, 0.1) is 0 Å². The third-order valence-electron chi connectivity index (χ3n) is 1.85. The molecule has 0 amide bonds. The number of rotatable bonds is 0. The third kappa shape index (κ3) is 3.18. The Morgan fingerprint density at radius 3 is 2.30 bits per heavy atom. The van der Waals surface area contributed by atoms with Crippen molar-refractivity contribution < 1.29 is 0 Å². The van der Waals surface area contributed by atoms with E-state index in [1.165, 1.54) is 13.0 Å². The summed E-state index contributed by atoms with van der Waals surface area (Å²) in [4.78, 5) is 2.32. The molecule has 0 aliphatic carbocycles. The predicted octanol–water partition coefficient (Wildman–Crippen LogP) is 1.28. The minimum Gasteiger partial charge on any atom is -0.304 e. The van der Waals surface area contributed by atoms with Crippen LogP contribution in [-0.2, 0) is 0 Å². The largest absolute Gasteiger partial charge is 0.304 e. The zero-order valence-electron chi connectivity index (χ0n) is 7.65. The second kappa shape index (κ2) is 5.69. The molecule has 2 nitrogen and oxygen atoms in total. The van der Waals surface area contributed by atoms with Gasteiger partial charge in [0.25, 0.3) is 0 Å². The zero-order valence-corrected chi connectivity index (χ0v) is 7.65. The van der Waals surface area contributed by atoms with Gasteiger partial charge in [-0.25, -0.2) is 0 Å². The third-order valence-corrected chi connectivity index (χ3v) is 1.85. The standard InChI is InChI=1S/C6H14N2.C2H6/c1-6-3-4-7-5-8(6)2;1-2/h6-7H,3-5H2,1-2H3;1-2H3. The van der Waals surface area contributed by atoms with Crippen LogP contribution in [0, 0.1) is 0 Å². The molecule has 1 fully saturated rings. The summed E-state index contributed by atoms with van der Waals surface area (Å²) in [7, 11) is 2.15. The van der Waals surface area contributed by atoms with Crippen LogP contribution < -0.4 is 5.32 Å². The average Bonchev–Trinajstić information content (AvgIpc) is 2.00. The molecule has 1 heterocycles. The Bertz CT molecular complexity index is 63.7. The molecule has 1 aliphatic heterocycles. The SMILES string of the molecule is CC.CC1CCNCN1C. The molecule has 1 atom stereocenters. The molecule has 1 unspecified atom stereocenters. The number of hydrogen-bond acceptors (Lipinski definition) is 2. The van der Waals surface area contributed by atoms with Crippen LogP contribution in [0.15, 0.2) is 0 Å². The summed E-state index contributed by atoms with van der Waals surface area (Å²) in [6.07, 6.45) is 1.29. The van der Waals surface area contributed by atoms with Gasteiger partial charge in [0.1, 0.15) is 0 Å². The van der Waals surface area contributed by atoms with Crippen molar-refractivity contribution in [2.75, 3.05) is 20.3 Å². The Morgan fingerprint density at radius 1 is 1.40 bits per heavy atom. The summed E-state index contributed by atoms with van der Waals surface area (Å²) in [5, 5.41) is 3.29. The molecule has 2 heteroatoms. The van der Waals surface area contributed by atoms with E-state index in [9.17, 15) is 0 Å². The van der Waals surface area contributed by atoms with Crippen LogP contribution >= 0.6 is 0 Å².